The largest absolute Gasteiger partial charge is 0.481 e. The zero-order valence-corrected chi connectivity index (χ0v) is 13.8. The van der Waals surface area contributed by atoms with Crippen LogP contribution in [0.25, 0.3) is 11.0 Å². The van der Waals surface area contributed by atoms with Gasteiger partial charge in [0.05, 0.1) is 30.1 Å². The van der Waals surface area contributed by atoms with Gasteiger partial charge >= 0.3 is 5.97 Å². The predicted molar refractivity (Wildman–Crippen MR) is 86.7 cm³/mol. The molecule has 1 aromatic carbocycles. The van der Waals surface area contributed by atoms with Crippen LogP contribution in [0.4, 0.5) is 0 Å². The van der Waals surface area contributed by atoms with Crippen molar-refractivity contribution in [1.29, 1.82) is 0 Å². The summed E-state index contributed by atoms with van der Waals surface area (Å²) in [6.07, 6.45) is 0. The van der Waals surface area contributed by atoms with Crippen LogP contribution in [-0.2, 0) is 14.8 Å². The van der Waals surface area contributed by atoms with Crippen molar-refractivity contribution in [3.05, 3.63) is 54.2 Å². The quantitative estimate of drug-likeness (QED) is 0.672. The van der Waals surface area contributed by atoms with Crippen molar-refractivity contribution in [2.75, 3.05) is 14.2 Å². The maximum Gasteiger partial charge on any atom is 0.355 e. The van der Waals surface area contributed by atoms with Crippen LogP contribution in [0, 0.1) is 0 Å². The zero-order chi connectivity index (χ0) is 17.3. The number of pyridine rings is 1. The lowest BCUT2D eigenvalue weighted by atomic mass is 10.3. The summed E-state index contributed by atoms with van der Waals surface area (Å²) in [6, 6.07) is 12.3. The van der Waals surface area contributed by atoms with Gasteiger partial charge in [0.25, 0.3) is 10.0 Å². The molecule has 0 aliphatic rings. The van der Waals surface area contributed by atoms with Crippen molar-refractivity contribution in [3.8, 4) is 5.88 Å². The van der Waals surface area contributed by atoms with Gasteiger partial charge in [0.15, 0.2) is 0 Å². The molecule has 124 valence electrons. The molecule has 7 nitrogen and oxygen atoms in total. The minimum Gasteiger partial charge on any atom is -0.481 e. The van der Waals surface area contributed by atoms with Gasteiger partial charge in [-0.1, -0.05) is 18.2 Å². The Hall–Kier alpha value is -2.87. The van der Waals surface area contributed by atoms with Crippen LogP contribution in [0.2, 0.25) is 0 Å². The number of rotatable bonds is 4. The van der Waals surface area contributed by atoms with Crippen molar-refractivity contribution in [2.24, 2.45) is 0 Å². The van der Waals surface area contributed by atoms with Crippen molar-refractivity contribution in [2.45, 2.75) is 4.90 Å². The Morgan fingerprint density at radius 2 is 1.79 bits per heavy atom. The first-order chi connectivity index (χ1) is 11.5. The summed E-state index contributed by atoms with van der Waals surface area (Å²) in [4.78, 5) is 16.3. The molecule has 0 atom stereocenters. The predicted octanol–water partition coefficient (Wildman–Crippen LogP) is 2.07. The minimum absolute atomic E-state index is 0.0588. The molecular weight excluding hydrogens is 332 g/mol. The van der Waals surface area contributed by atoms with Crippen molar-refractivity contribution in [1.82, 2.24) is 8.96 Å². The number of aromatic nitrogens is 2. The number of carbonyl (C=O) groups excluding carboxylic acids is 1. The number of carbonyl (C=O) groups is 1. The number of fused-ring (bicyclic) bond motifs is 1. The third kappa shape index (κ3) is 2.50. The van der Waals surface area contributed by atoms with Gasteiger partial charge in [0, 0.05) is 6.07 Å². The maximum absolute atomic E-state index is 13.0. The standard InChI is InChI=1S/C16H14N2O5S/c1-22-15-9-8-13-12(17-15)10-14(16(19)23-2)18(13)24(20,21)11-6-4-3-5-7-11/h3-10H,1-2H3. The molecule has 0 N–H and O–H groups in total. The lowest BCUT2D eigenvalue weighted by molar-refractivity contribution is 0.0593. The Kier molecular flexibility index (Phi) is 3.98. The molecule has 0 spiro atoms. The Morgan fingerprint density at radius 3 is 2.42 bits per heavy atom. The maximum atomic E-state index is 13.0. The van der Waals surface area contributed by atoms with E-state index < -0.39 is 16.0 Å². The fourth-order valence-electron chi connectivity index (χ4n) is 2.36. The van der Waals surface area contributed by atoms with E-state index in [9.17, 15) is 13.2 Å². The summed E-state index contributed by atoms with van der Waals surface area (Å²) < 4.78 is 36.7. The number of hydrogen-bond acceptors (Lipinski definition) is 6. The van der Waals surface area contributed by atoms with E-state index in [0.717, 1.165) is 3.97 Å². The van der Waals surface area contributed by atoms with Crippen LogP contribution in [0.5, 0.6) is 5.88 Å². The first-order valence-electron chi connectivity index (χ1n) is 6.94. The molecule has 0 aliphatic carbocycles. The average molecular weight is 346 g/mol. The summed E-state index contributed by atoms with van der Waals surface area (Å²) in [7, 11) is -1.35. The molecule has 3 aromatic rings. The smallest absolute Gasteiger partial charge is 0.355 e. The Balaban J connectivity index is 2.35. The van der Waals surface area contributed by atoms with E-state index in [0.29, 0.717) is 11.4 Å². The molecule has 24 heavy (non-hydrogen) atoms. The molecule has 3 rings (SSSR count). The fourth-order valence-corrected chi connectivity index (χ4v) is 3.87. The SMILES string of the molecule is COC(=O)c1cc2nc(OC)ccc2n1S(=O)(=O)c1ccccc1. The summed E-state index contributed by atoms with van der Waals surface area (Å²) in [6.45, 7) is 0. The molecule has 8 heteroatoms. The fraction of sp³-hybridized carbons (Fsp3) is 0.125. The molecular formula is C16H14N2O5S. The van der Waals surface area contributed by atoms with Gasteiger partial charge < -0.3 is 9.47 Å². The molecule has 0 saturated heterocycles. The average Bonchev–Trinajstić information content (AvgIpc) is 3.01. The van der Waals surface area contributed by atoms with E-state index in [-0.39, 0.29) is 16.1 Å². The summed E-state index contributed by atoms with van der Waals surface area (Å²) >= 11 is 0. The Morgan fingerprint density at radius 1 is 1.08 bits per heavy atom. The van der Waals surface area contributed by atoms with Gasteiger partial charge in [-0.15, -0.1) is 0 Å². The van der Waals surface area contributed by atoms with Crippen molar-refractivity contribution < 1.29 is 22.7 Å². The normalized spacial score (nSPS) is 11.4. The number of ether oxygens (including phenoxy) is 2. The molecule has 0 saturated carbocycles. The second kappa shape index (κ2) is 5.97. The van der Waals surface area contributed by atoms with Gasteiger partial charge in [-0.05, 0) is 24.3 Å². The van der Waals surface area contributed by atoms with Crippen LogP contribution in [-0.4, -0.2) is 37.6 Å². The number of nitrogens with zero attached hydrogens (tertiary/aromatic N) is 2. The lowest BCUT2D eigenvalue weighted by Crippen LogP contribution is -2.19. The van der Waals surface area contributed by atoms with E-state index in [1.807, 2.05) is 0 Å². The molecule has 0 radical (unpaired) electrons. The molecule has 0 aliphatic heterocycles. The van der Waals surface area contributed by atoms with E-state index in [2.05, 4.69) is 4.98 Å². The molecule has 0 bridgehead atoms. The van der Waals surface area contributed by atoms with Crippen LogP contribution in [0.3, 0.4) is 0 Å². The van der Waals surface area contributed by atoms with Gasteiger partial charge in [0.2, 0.25) is 5.88 Å². The number of benzene rings is 1. The zero-order valence-electron chi connectivity index (χ0n) is 13.0. The lowest BCUT2D eigenvalue weighted by Gasteiger charge is -2.10. The van der Waals surface area contributed by atoms with E-state index in [1.165, 1.54) is 44.6 Å². The first-order valence-corrected chi connectivity index (χ1v) is 8.38. The topological polar surface area (TPSA) is 87.5 Å². The van der Waals surface area contributed by atoms with Crippen LogP contribution < -0.4 is 4.74 Å². The third-order valence-electron chi connectivity index (χ3n) is 3.47. The summed E-state index contributed by atoms with van der Waals surface area (Å²) in [5.41, 5.74) is 0.450. The van der Waals surface area contributed by atoms with E-state index >= 15 is 0 Å². The van der Waals surface area contributed by atoms with Crippen molar-refractivity contribution >= 4 is 27.0 Å². The van der Waals surface area contributed by atoms with Gasteiger partial charge in [-0.3, -0.25) is 0 Å². The second-order valence-corrected chi connectivity index (χ2v) is 6.65. The molecule has 2 heterocycles. The highest BCUT2D eigenvalue weighted by Gasteiger charge is 2.27. The van der Waals surface area contributed by atoms with Crippen LogP contribution in [0.15, 0.2) is 53.4 Å². The summed E-state index contributed by atoms with van der Waals surface area (Å²) in [5.74, 6) is -0.459. The number of methoxy groups -OCH3 is 2. The molecule has 0 amide bonds. The number of hydrogen-bond donors (Lipinski definition) is 0. The molecule has 2 aromatic heterocycles. The minimum atomic E-state index is -3.99. The monoisotopic (exact) mass is 346 g/mol. The van der Waals surface area contributed by atoms with E-state index in [1.54, 1.807) is 18.2 Å². The first kappa shape index (κ1) is 16.0. The van der Waals surface area contributed by atoms with Gasteiger partial charge in [-0.2, -0.15) is 0 Å². The molecule has 0 fully saturated rings. The summed E-state index contributed by atoms with van der Waals surface area (Å²) in [5, 5.41) is 0. The molecule has 0 unspecified atom stereocenters. The highest BCUT2D eigenvalue weighted by Crippen LogP contribution is 2.26. The highest BCUT2D eigenvalue weighted by molar-refractivity contribution is 7.90. The number of esters is 1. The second-order valence-electron chi connectivity index (χ2n) is 4.86. The Bertz CT molecular complexity index is 1010. The third-order valence-corrected chi connectivity index (χ3v) is 5.21. The Labute approximate surface area is 138 Å². The van der Waals surface area contributed by atoms with Crippen molar-refractivity contribution in [3.63, 3.8) is 0 Å². The van der Waals surface area contributed by atoms with E-state index in [4.69, 9.17) is 9.47 Å². The van der Waals surface area contributed by atoms with Gasteiger partial charge in [-0.25, -0.2) is 22.2 Å². The van der Waals surface area contributed by atoms with Crippen LogP contribution >= 0.6 is 0 Å². The van der Waals surface area contributed by atoms with Gasteiger partial charge in [0.1, 0.15) is 5.69 Å². The highest BCUT2D eigenvalue weighted by atomic mass is 32.2. The van der Waals surface area contributed by atoms with Crippen LogP contribution in [0.1, 0.15) is 10.5 Å².